The highest BCUT2D eigenvalue weighted by Crippen LogP contribution is 2.18. The highest BCUT2D eigenvalue weighted by atomic mass is 16.3. The Morgan fingerprint density at radius 1 is 1.69 bits per heavy atom. The van der Waals surface area contributed by atoms with Gasteiger partial charge in [-0.05, 0) is 13.0 Å². The molecular formula is C11H13N3O2. The van der Waals surface area contributed by atoms with Crippen LogP contribution in [0.1, 0.15) is 12.6 Å². The molecule has 5 heteroatoms. The molecular weight excluding hydrogens is 206 g/mol. The molecule has 0 radical (unpaired) electrons. The lowest BCUT2D eigenvalue weighted by Crippen LogP contribution is -2.12. The number of nitrogen functional groups attached to an aromatic ring is 1. The van der Waals surface area contributed by atoms with E-state index in [0.717, 1.165) is 0 Å². The number of aliphatic hydroxyl groups is 1. The number of rotatable bonds is 3. The van der Waals surface area contributed by atoms with Crippen LogP contribution < -0.4 is 11.3 Å². The summed E-state index contributed by atoms with van der Waals surface area (Å²) in [6.07, 6.45) is 4.49. The van der Waals surface area contributed by atoms with Gasteiger partial charge in [0.05, 0.1) is 5.69 Å². The van der Waals surface area contributed by atoms with E-state index in [1.807, 2.05) is 0 Å². The second kappa shape index (κ2) is 4.97. The van der Waals surface area contributed by atoms with Crippen molar-refractivity contribution in [3.63, 3.8) is 0 Å². The minimum atomic E-state index is -0.367. The second-order valence-electron chi connectivity index (χ2n) is 3.01. The third-order valence-corrected chi connectivity index (χ3v) is 1.88. The van der Waals surface area contributed by atoms with Gasteiger partial charge in [-0.15, -0.1) is 0 Å². The number of hydrogen-bond donors (Lipinski definition) is 3. The molecule has 0 aliphatic rings. The molecule has 0 atom stereocenters. The van der Waals surface area contributed by atoms with Crippen molar-refractivity contribution in [2.45, 2.75) is 6.92 Å². The molecule has 0 bridgehead atoms. The molecule has 1 heterocycles. The summed E-state index contributed by atoms with van der Waals surface area (Å²) >= 11 is 0. The number of aliphatic hydroxyl groups excluding tert-OH is 1. The molecule has 0 fully saturated rings. The van der Waals surface area contributed by atoms with Gasteiger partial charge in [0.1, 0.15) is 5.76 Å². The molecule has 4 N–H and O–H groups in total. The van der Waals surface area contributed by atoms with Crippen LogP contribution in [-0.4, -0.2) is 15.1 Å². The molecule has 0 saturated heterocycles. The van der Waals surface area contributed by atoms with Crippen LogP contribution in [-0.2, 0) is 0 Å². The molecule has 1 aromatic rings. The van der Waals surface area contributed by atoms with Crippen molar-refractivity contribution in [2.75, 3.05) is 5.73 Å². The highest BCUT2D eigenvalue weighted by Gasteiger charge is 2.08. The van der Waals surface area contributed by atoms with Gasteiger partial charge in [0.2, 0.25) is 5.95 Å². The zero-order valence-corrected chi connectivity index (χ0v) is 8.90. The van der Waals surface area contributed by atoms with Gasteiger partial charge >= 0.3 is 0 Å². The van der Waals surface area contributed by atoms with Crippen molar-refractivity contribution in [2.24, 2.45) is 0 Å². The van der Waals surface area contributed by atoms with Crippen molar-refractivity contribution in [1.82, 2.24) is 9.97 Å². The van der Waals surface area contributed by atoms with Gasteiger partial charge < -0.3 is 10.8 Å². The van der Waals surface area contributed by atoms with Crippen LogP contribution in [0, 0.1) is 0 Å². The summed E-state index contributed by atoms with van der Waals surface area (Å²) in [5.74, 6) is -0.0109. The molecule has 1 rings (SSSR count). The highest BCUT2D eigenvalue weighted by molar-refractivity contribution is 5.74. The van der Waals surface area contributed by atoms with Crippen LogP contribution in [0.15, 0.2) is 41.4 Å². The first-order valence-corrected chi connectivity index (χ1v) is 4.64. The first-order chi connectivity index (χ1) is 7.58. The zero-order valence-electron chi connectivity index (χ0n) is 8.90. The van der Waals surface area contributed by atoms with Gasteiger partial charge in [-0.25, -0.2) is 4.98 Å². The predicted octanol–water partition coefficient (Wildman–Crippen LogP) is 1.38. The summed E-state index contributed by atoms with van der Waals surface area (Å²) in [4.78, 5) is 17.4. The number of nitrogens with one attached hydrogen (secondary N) is 1. The number of anilines is 1. The smallest absolute Gasteiger partial charge is 0.252 e. The maximum atomic E-state index is 11.2. The van der Waals surface area contributed by atoms with E-state index in [2.05, 4.69) is 16.5 Å². The molecule has 0 amide bonds. The number of aromatic nitrogens is 2. The largest absolute Gasteiger partial charge is 0.507 e. The van der Waals surface area contributed by atoms with Crippen LogP contribution >= 0.6 is 0 Å². The predicted molar refractivity (Wildman–Crippen MR) is 63.8 cm³/mol. The van der Waals surface area contributed by atoms with Crippen molar-refractivity contribution in [3.05, 3.63) is 52.7 Å². The summed E-state index contributed by atoms with van der Waals surface area (Å²) in [7, 11) is 0. The molecule has 0 unspecified atom stereocenters. The van der Waals surface area contributed by atoms with E-state index >= 15 is 0 Å². The quantitative estimate of drug-likeness (QED) is 0.529. The normalized spacial score (nSPS) is 12.6. The third-order valence-electron chi connectivity index (χ3n) is 1.88. The van der Waals surface area contributed by atoms with Crippen LogP contribution in [0.4, 0.5) is 5.95 Å². The van der Waals surface area contributed by atoms with Crippen LogP contribution in [0.2, 0.25) is 0 Å². The summed E-state index contributed by atoms with van der Waals surface area (Å²) in [5.41, 5.74) is 5.79. The maximum Gasteiger partial charge on any atom is 0.252 e. The average Bonchev–Trinajstić information content (AvgIpc) is 2.17. The van der Waals surface area contributed by atoms with Crippen molar-refractivity contribution in [1.29, 1.82) is 0 Å². The Kier molecular flexibility index (Phi) is 3.66. The first kappa shape index (κ1) is 11.8. The van der Waals surface area contributed by atoms with E-state index in [0.29, 0.717) is 11.3 Å². The van der Waals surface area contributed by atoms with E-state index in [1.54, 1.807) is 13.0 Å². The number of nitrogens with two attached hydrogens (primary N) is 1. The number of nitrogens with zero attached hydrogens (tertiary/aromatic N) is 1. The van der Waals surface area contributed by atoms with Gasteiger partial charge in [-0.2, -0.15) is 0 Å². The summed E-state index contributed by atoms with van der Waals surface area (Å²) in [6, 6.07) is 1.26. The lowest BCUT2D eigenvalue weighted by molar-refractivity contribution is 0.437. The second-order valence-corrected chi connectivity index (χ2v) is 3.01. The Morgan fingerprint density at radius 2 is 2.38 bits per heavy atom. The maximum absolute atomic E-state index is 11.2. The average molecular weight is 219 g/mol. The molecule has 0 aromatic carbocycles. The van der Waals surface area contributed by atoms with Crippen LogP contribution in [0.3, 0.4) is 0 Å². The molecule has 5 nitrogen and oxygen atoms in total. The van der Waals surface area contributed by atoms with E-state index < -0.39 is 0 Å². The molecule has 0 spiro atoms. The minimum absolute atomic E-state index is 0.00764. The summed E-state index contributed by atoms with van der Waals surface area (Å²) in [6.45, 7) is 5.19. The Balaban J connectivity index is 3.30. The fraction of sp³-hybridized carbons (Fsp3) is 0.0909. The number of hydrogen-bond acceptors (Lipinski definition) is 4. The standard InChI is InChI=1S/C11H13N3O2/c1-3-5-9(15)7(4-2)8-6-10(16)14-11(12)13-8/h3-6,15H,1H2,2H3,(H3,12,13,14,16)/b7-4-,9-5+. The number of H-pyrrole nitrogens is 1. The lowest BCUT2D eigenvalue weighted by atomic mass is 10.1. The van der Waals surface area contributed by atoms with Gasteiger partial charge in [-0.1, -0.05) is 18.7 Å². The Morgan fingerprint density at radius 3 is 2.88 bits per heavy atom. The molecule has 0 saturated carbocycles. The molecule has 84 valence electrons. The Labute approximate surface area is 92.7 Å². The van der Waals surface area contributed by atoms with Crippen LogP contribution in [0.5, 0.6) is 0 Å². The van der Waals surface area contributed by atoms with Gasteiger partial charge in [0, 0.05) is 11.6 Å². The monoisotopic (exact) mass is 219 g/mol. The van der Waals surface area contributed by atoms with E-state index in [4.69, 9.17) is 5.73 Å². The van der Waals surface area contributed by atoms with E-state index in [1.165, 1.54) is 18.2 Å². The van der Waals surface area contributed by atoms with E-state index in [9.17, 15) is 9.90 Å². The Hall–Kier alpha value is -2.30. The number of allylic oxidation sites excluding steroid dienone is 4. The first-order valence-electron chi connectivity index (χ1n) is 4.64. The molecule has 16 heavy (non-hydrogen) atoms. The van der Waals surface area contributed by atoms with Gasteiger partial charge in [-0.3, -0.25) is 9.78 Å². The van der Waals surface area contributed by atoms with Crippen molar-refractivity contribution < 1.29 is 5.11 Å². The van der Waals surface area contributed by atoms with Gasteiger partial charge in [0.25, 0.3) is 5.56 Å². The summed E-state index contributed by atoms with van der Waals surface area (Å²) < 4.78 is 0. The fourth-order valence-corrected chi connectivity index (χ4v) is 1.24. The lowest BCUT2D eigenvalue weighted by Gasteiger charge is -2.05. The minimum Gasteiger partial charge on any atom is -0.507 e. The summed E-state index contributed by atoms with van der Waals surface area (Å²) in [5, 5.41) is 9.67. The van der Waals surface area contributed by atoms with Crippen molar-refractivity contribution >= 4 is 11.5 Å². The van der Waals surface area contributed by atoms with Crippen molar-refractivity contribution in [3.8, 4) is 0 Å². The van der Waals surface area contributed by atoms with Gasteiger partial charge in [0.15, 0.2) is 0 Å². The number of aromatic amines is 1. The molecule has 0 aliphatic carbocycles. The molecule has 1 aromatic heterocycles. The SMILES string of the molecule is C=C/C=C(O)\C(=C/C)c1cc(=O)[nH]c(N)n1. The van der Waals surface area contributed by atoms with E-state index in [-0.39, 0.29) is 17.3 Å². The Bertz CT molecular complexity index is 512. The topological polar surface area (TPSA) is 92.0 Å². The fourth-order valence-electron chi connectivity index (χ4n) is 1.24. The third kappa shape index (κ3) is 2.60. The molecule has 0 aliphatic heterocycles. The van der Waals surface area contributed by atoms with Crippen LogP contribution in [0.25, 0.3) is 5.57 Å². The zero-order chi connectivity index (χ0) is 12.1.